The minimum absolute atomic E-state index is 0.209. The van der Waals surface area contributed by atoms with E-state index in [4.69, 9.17) is 34.7 Å². The van der Waals surface area contributed by atoms with Crippen LogP contribution in [0.5, 0.6) is 0 Å². The van der Waals surface area contributed by atoms with E-state index in [2.05, 4.69) is 0 Å². The lowest BCUT2D eigenvalue weighted by atomic mass is 10.2. The van der Waals surface area contributed by atoms with Gasteiger partial charge >= 0.3 is 0 Å². The van der Waals surface area contributed by atoms with Gasteiger partial charge in [0.2, 0.25) is 5.96 Å². The third-order valence-electron chi connectivity index (χ3n) is 1.64. The van der Waals surface area contributed by atoms with Crippen LogP contribution in [0.25, 0.3) is 0 Å². The Morgan fingerprint density at radius 2 is 1.86 bits per heavy atom. The fourth-order valence-electron chi connectivity index (χ4n) is 0.976. The summed E-state index contributed by atoms with van der Waals surface area (Å²) in [7, 11) is 0. The van der Waals surface area contributed by atoms with E-state index >= 15 is 0 Å². The van der Waals surface area contributed by atoms with Gasteiger partial charge in [-0.3, -0.25) is 5.41 Å². The van der Waals surface area contributed by atoms with E-state index in [0.717, 1.165) is 9.61 Å². The molecule has 0 amide bonds. The number of guanidine groups is 1. The smallest absolute Gasteiger partial charge is 0.205 e. The van der Waals surface area contributed by atoms with Gasteiger partial charge in [0.25, 0.3) is 0 Å². The van der Waals surface area contributed by atoms with E-state index in [1.54, 1.807) is 0 Å². The van der Waals surface area contributed by atoms with Gasteiger partial charge in [-0.05, 0) is 9.61 Å². The molecule has 0 aliphatic rings. The first-order valence-corrected chi connectivity index (χ1v) is 4.56. The monoisotopic (exact) mass is 232 g/mol. The first-order valence-electron chi connectivity index (χ1n) is 3.88. The summed E-state index contributed by atoms with van der Waals surface area (Å²) in [6.07, 6.45) is 0. The molecule has 0 aliphatic heterocycles. The van der Waals surface area contributed by atoms with Crippen LogP contribution in [0.2, 0.25) is 0 Å². The van der Waals surface area contributed by atoms with Crippen LogP contribution in [-0.4, -0.2) is 15.0 Å². The minimum atomic E-state index is -0.209. The molecule has 0 spiro atoms. The van der Waals surface area contributed by atoms with Crippen molar-refractivity contribution in [3.05, 3.63) is 35.9 Å². The Hall–Kier alpha value is -0.970. The number of nitrogens with two attached hydrogens (primary N) is 1. The topological polar surface area (TPSA) is 56.4 Å². The fraction of sp³-hybridized carbons (Fsp3) is 0.125. The average Bonchev–Trinajstić information content (AvgIpc) is 2.15. The molecule has 0 saturated heterocycles. The lowest BCUT2D eigenvalue weighted by Gasteiger charge is -2.23. The van der Waals surface area contributed by atoms with Crippen LogP contribution in [-0.2, 0) is 6.54 Å². The van der Waals surface area contributed by atoms with Gasteiger partial charge in [0.15, 0.2) is 0 Å². The number of hydrogen-bond donors (Lipinski definition) is 2. The number of halogens is 2. The summed E-state index contributed by atoms with van der Waals surface area (Å²) in [6, 6.07) is 9.47. The molecule has 1 rings (SSSR count). The summed E-state index contributed by atoms with van der Waals surface area (Å²) in [5.74, 6) is -0.209. The van der Waals surface area contributed by atoms with E-state index in [9.17, 15) is 0 Å². The van der Waals surface area contributed by atoms with Crippen molar-refractivity contribution in [2.24, 2.45) is 5.73 Å². The molecule has 0 unspecified atom stereocenters. The van der Waals surface area contributed by atoms with Crippen LogP contribution in [0.4, 0.5) is 0 Å². The van der Waals surface area contributed by atoms with Gasteiger partial charge < -0.3 is 5.73 Å². The molecule has 0 fully saturated rings. The van der Waals surface area contributed by atoms with E-state index < -0.39 is 0 Å². The highest BCUT2D eigenvalue weighted by molar-refractivity contribution is 6.33. The van der Waals surface area contributed by atoms with Crippen molar-refractivity contribution in [3.8, 4) is 0 Å². The predicted octanol–water partition coefficient (Wildman–Crippen LogP) is 1.91. The zero-order valence-electron chi connectivity index (χ0n) is 7.32. The Kier molecular flexibility index (Phi) is 4.00. The Balaban J connectivity index is 2.70. The predicted molar refractivity (Wildman–Crippen MR) is 57.4 cm³/mol. The maximum atomic E-state index is 7.22. The molecule has 0 saturated carbocycles. The second kappa shape index (κ2) is 5.05. The highest BCUT2D eigenvalue weighted by Gasteiger charge is 2.12. The average molecular weight is 233 g/mol. The number of nitrogens with zero attached hydrogens (tertiary/aromatic N) is 2. The van der Waals surface area contributed by atoms with Crippen molar-refractivity contribution in [3.63, 3.8) is 0 Å². The van der Waals surface area contributed by atoms with Gasteiger partial charge in [-0.25, -0.2) is 5.01 Å². The molecule has 0 atom stereocenters. The number of nitrogens with one attached hydrogen (secondary N) is 1. The number of rotatable bonds is 3. The zero-order valence-corrected chi connectivity index (χ0v) is 8.83. The van der Waals surface area contributed by atoms with E-state index in [1.165, 1.54) is 5.01 Å². The molecule has 1 aromatic carbocycles. The first-order chi connectivity index (χ1) is 6.61. The van der Waals surface area contributed by atoms with Crippen LogP contribution in [0.3, 0.4) is 0 Å². The third kappa shape index (κ3) is 3.06. The van der Waals surface area contributed by atoms with Crippen LogP contribution >= 0.6 is 23.6 Å². The Morgan fingerprint density at radius 1 is 1.29 bits per heavy atom. The first kappa shape index (κ1) is 11.1. The van der Waals surface area contributed by atoms with Crippen LogP contribution in [0.1, 0.15) is 5.56 Å². The molecular weight excluding hydrogens is 223 g/mol. The molecular formula is C8H10Cl2N4. The second-order valence-electron chi connectivity index (χ2n) is 2.64. The highest BCUT2D eigenvalue weighted by atomic mass is 35.5. The molecule has 76 valence electrons. The van der Waals surface area contributed by atoms with Crippen LogP contribution in [0.15, 0.2) is 30.3 Å². The lowest BCUT2D eigenvalue weighted by molar-refractivity contribution is 0.247. The normalized spacial score (nSPS) is 10.2. The van der Waals surface area contributed by atoms with E-state index in [1.807, 2.05) is 30.3 Å². The Bertz CT molecular complexity index is 301. The van der Waals surface area contributed by atoms with Crippen molar-refractivity contribution in [2.75, 3.05) is 0 Å². The summed E-state index contributed by atoms with van der Waals surface area (Å²) in [4.78, 5) is 0. The van der Waals surface area contributed by atoms with Gasteiger partial charge in [0, 0.05) is 23.6 Å². The van der Waals surface area contributed by atoms with Gasteiger partial charge in [-0.1, -0.05) is 30.3 Å². The Labute approximate surface area is 92.5 Å². The Morgan fingerprint density at radius 3 is 2.29 bits per heavy atom. The largest absolute Gasteiger partial charge is 0.369 e. The highest BCUT2D eigenvalue weighted by Crippen LogP contribution is 2.11. The third-order valence-corrected chi connectivity index (χ3v) is 2.00. The number of hydrazine groups is 1. The van der Waals surface area contributed by atoms with Crippen molar-refractivity contribution in [1.29, 1.82) is 5.41 Å². The molecule has 3 N–H and O–H groups in total. The molecule has 0 bridgehead atoms. The maximum absolute atomic E-state index is 7.22. The van der Waals surface area contributed by atoms with Gasteiger partial charge in [-0.15, -0.1) is 0 Å². The zero-order chi connectivity index (χ0) is 10.6. The molecule has 1 aromatic rings. The van der Waals surface area contributed by atoms with Crippen molar-refractivity contribution in [2.45, 2.75) is 6.54 Å². The van der Waals surface area contributed by atoms with Crippen molar-refractivity contribution >= 4 is 29.5 Å². The van der Waals surface area contributed by atoms with Gasteiger partial charge in [0.05, 0.1) is 6.54 Å². The summed E-state index contributed by atoms with van der Waals surface area (Å²) >= 11 is 11.0. The molecule has 0 aliphatic carbocycles. The molecule has 0 aromatic heterocycles. The molecule has 14 heavy (non-hydrogen) atoms. The van der Waals surface area contributed by atoms with Gasteiger partial charge in [0.1, 0.15) is 0 Å². The summed E-state index contributed by atoms with van der Waals surface area (Å²) < 4.78 is 0.745. The van der Waals surface area contributed by atoms with E-state index in [-0.39, 0.29) is 5.96 Å². The second-order valence-corrected chi connectivity index (χ2v) is 3.46. The summed E-state index contributed by atoms with van der Waals surface area (Å²) in [5, 5.41) is 8.45. The fourth-order valence-corrected chi connectivity index (χ4v) is 1.25. The van der Waals surface area contributed by atoms with Gasteiger partial charge in [-0.2, -0.15) is 0 Å². The summed E-state index contributed by atoms with van der Waals surface area (Å²) in [5.41, 5.74) is 6.25. The molecule has 0 radical (unpaired) electrons. The minimum Gasteiger partial charge on any atom is -0.369 e. The van der Waals surface area contributed by atoms with Crippen molar-refractivity contribution in [1.82, 2.24) is 9.06 Å². The summed E-state index contributed by atoms with van der Waals surface area (Å²) in [6.45, 7) is 0.364. The number of benzene rings is 1. The van der Waals surface area contributed by atoms with Crippen LogP contribution < -0.4 is 5.73 Å². The van der Waals surface area contributed by atoms with E-state index in [0.29, 0.717) is 6.54 Å². The molecule has 0 heterocycles. The maximum Gasteiger partial charge on any atom is 0.205 e. The lowest BCUT2D eigenvalue weighted by Crippen LogP contribution is -2.40. The molecule has 4 nitrogen and oxygen atoms in total. The standard InChI is InChI=1S/C8H10Cl2N4/c9-14(10)13(8(11)12)6-7-4-2-1-3-5-7/h1-5H,6H2,(H3,11,12). The van der Waals surface area contributed by atoms with Crippen LogP contribution in [0, 0.1) is 5.41 Å². The number of hydrogen-bond acceptors (Lipinski definition) is 2. The molecule has 6 heteroatoms. The SMILES string of the molecule is N=C(N)N(Cc1ccccc1)N(Cl)Cl. The van der Waals surface area contributed by atoms with Crippen molar-refractivity contribution < 1.29 is 0 Å². The quantitative estimate of drug-likeness (QED) is 0.363.